The van der Waals surface area contributed by atoms with Gasteiger partial charge in [0.15, 0.2) is 16.3 Å². The molecule has 5 nitrogen and oxygen atoms in total. The smallest absolute Gasteiger partial charge is 0.292 e. The van der Waals surface area contributed by atoms with E-state index in [4.69, 9.17) is 9.47 Å². The molecule has 0 unspecified atom stereocenters. The van der Waals surface area contributed by atoms with Gasteiger partial charge in [0.25, 0.3) is 5.91 Å². The molecule has 0 radical (unpaired) electrons. The van der Waals surface area contributed by atoms with Crippen molar-refractivity contribution in [1.82, 2.24) is 4.57 Å². The van der Waals surface area contributed by atoms with Crippen LogP contribution in [0.1, 0.15) is 0 Å². The number of ether oxygens (including phenoxy) is 2. The van der Waals surface area contributed by atoms with Crippen LogP contribution >= 0.6 is 11.3 Å². The molecule has 116 valence electrons. The number of hydrogen-bond acceptors (Lipinski definition) is 4. The zero-order valence-corrected chi connectivity index (χ0v) is 13.2. The predicted octanol–water partition coefficient (Wildman–Crippen LogP) is 2.51. The molecule has 0 saturated carbocycles. The Bertz CT molecular complexity index is 958. The zero-order valence-electron chi connectivity index (χ0n) is 12.4. The van der Waals surface area contributed by atoms with E-state index in [1.54, 1.807) is 6.07 Å². The Balaban J connectivity index is 1.66. The van der Waals surface area contributed by atoms with E-state index in [1.165, 1.54) is 11.3 Å². The number of aryl methyl sites for hydroxylation is 1. The number of nitrogens with zero attached hydrogens (tertiary/aromatic N) is 2. The Morgan fingerprint density at radius 3 is 2.74 bits per heavy atom. The molecular formula is C17H14N2O3S. The average Bonchev–Trinajstić information content (AvgIpc) is 2.91. The van der Waals surface area contributed by atoms with E-state index in [0.717, 1.165) is 10.2 Å². The molecule has 1 aromatic heterocycles. The van der Waals surface area contributed by atoms with Crippen LogP contribution in [0.3, 0.4) is 0 Å². The van der Waals surface area contributed by atoms with E-state index >= 15 is 0 Å². The minimum absolute atomic E-state index is 0.175. The van der Waals surface area contributed by atoms with E-state index in [2.05, 4.69) is 4.99 Å². The van der Waals surface area contributed by atoms with Crippen LogP contribution in [0.5, 0.6) is 11.5 Å². The van der Waals surface area contributed by atoms with Crippen molar-refractivity contribution in [1.29, 1.82) is 0 Å². The lowest BCUT2D eigenvalue weighted by Gasteiger charge is -2.23. The fourth-order valence-electron chi connectivity index (χ4n) is 2.50. The summed E-state index contributed by atoms with van der Waals surface area (Å²) in [4.78, 5) is 17.3. The van der Waals surface area contributed by atoms with Crippen molar-refractivity contribution >= 4 is 27.5 Å². The highest BCUT2D eigenvalue weighted by Crippen LogP contribution is 2.31. The quantitative estimate of drug-likeness (QED) is 0.690. The monoisotopic (exact) mass is 326 g/mol. The van der Waals surface area contributed by atoms with Crippen LogP contribution in [0.2, 0.25) is 0 Å². The minimum Gasteiger partial charge on any atom is -0.485 e. The van der Waals surface area contributed by atoms with Crippen molar-refractivity contribution in [3.8, 4) is 11.5 Å². The molecule has 0 aliphatic carbocycles. The molecule has 0 spiro atoms. The number of thiazole rings is 1. The highest BCUT2D eigenvalue weighted by Gasteiger charge is 2.27. The lowest BCUT2D eigenvalue weighted by Crippen LogP contribution is -2.36. The van der Waals surface area contributed by atoms with Crippen LogP contribution in [0, 0.1) is 0 Å². The van der Waals surface area contributed by atoms with E-state index in [9.17, 15) is 4.79 Å². The normalized spacial score (nSPS) is 17.4. The first-order valence-electron chi connectivity index (χ1n) is 7.24. The van der Waals surface area contributed by atoms with E-state index in [-0.39, 0.29) is 12.5 Å². The molecule has 0 bridgehead atoms. The maximum atomic E-state index is 12.4. The first-order chi connectivity index (χ1) is 11.2. The summed E-state index contributed by atoms with van der Waals surface area (Å²) in [5.41, 5.74) is 1.05. The van der Waals surface area contributed by atoms with Crippen molar-refractivity contribution in [2.45, 2.75) is 6.10 Å². The number of benzene rings is 2. The minimum atomic E-state index is -0.713. The number of para-hydroxylation sites is 3. The molecular weight excluding hydrogens is 312 g/mol. The Kier molecular flexibility index (Phi) is 3.38. The van der Waals surface area contributed by atoms with Gasteiger partial charge in [-0.2, -0.15) is 4.99 Å². The van der Waals surface area contributed by atoms with Gasteiger partial charge in [0.2, 0.25) is 6.10 Å². The van der Waals surface area contributed by atoms with Crippen LogP contribution in [-0.2, 0) is 11.8 Å². The van der Waals surface area contributed by atoms with Gasteiger partial charge in [-0.05, 0) is 24.3 Å². The van der Waals surface area contributed by atoms with Crippen molar-refractivity contribution < 1.29 is 14.3 Å². The molecule has 6 heteroatoms. The Labute approximate surface area is 136 Å². The van der Waals surface area contributed by atoms with Crippen molar-refractivity contribution in [2.24, 2.45) is 12.0 Å². The summed E-state index contributed by atoms with van der Waals surface area (Å²) in [6, 6.07) is 15.3. The summed E-state index contributed by atoms with van der Waals surface area (Å²) in [7, 11) is 1.90. The lowest BCUT2D eigenvalue weighted by atomic mass is 10.2. The summed E-state index contributed by atoms with van der Waals surface area (Å²) in [5, 5.41) is 0. The van der Waals surface area contributed by atoms with Gasteiger partial charge in [0, 0.05) is 7.05 Å². The molecule has 0 saturated heterocycles. The maximum Gasteiger partial charge on any atom is 0.292 e. The number of rotatable bonds is 1. The summed E-state index contributed by atoms with van der Waals surface area (Å²) < 4.78 is 14.3. The molecule has 2 heterocycles. The van der Waals surface area contributed by atoms with Crippen LogP contribution in [0.25, 0.3) is 10.2 Å². The Hall–Kier alpha value is -2.60. The number of carbonyl (C=O) groups is 1. The second kappa shape index (κ2) is 5.55. The lowest BCUT2D eigenvalue weighted by molar-refractivity contribution is -0.127. The van der Waals surface area contributed by atoms with Gasteiger partial charge < -0.3 is 14.0 Å². The summed E-state index contributed by atoms with van der Waals surface area (Å²) in [6.45, 7) is 0.175. The fourth-order valence-corrected chi connectivity index (χ4v) is 3.52. The van der Waals surface area contributed by atoms with Gasteiger partial charge in [0.05, 0.1) is 10.2 Å². The molecule has 23 heavy (non-hydrogen) atoms. The molecule has 1 atom stereocenters. The first kappa shape index (κ1) is 14.0. The Morgan fingerprint density at radius 2 is 1.91 bits per heavy atom. The molecule has 4 rings (SSSR count). The third-order valence-corrected chi connectivity index (χ3v) is 4.82. The van der Waals surface area contributed by atoms with Gasteiger partial charge in [-0.25, -0.2) is 0 Å². The van der Waals surface area contributed by atoms with Crippen LogP contribution in [0.4, 0.5) is 0 Å². The van der Waals surface area contributed by atoms with E-state index in [1.807, 2.05) is 54.1 Å². The number of fused-ring (bicyclic) bond motifs is 2. The second-order valence-electron chi connectivity index (χ2n) is 5.23. The molecule has 3 aromatic rings. The largest absolute Gasteiger partial charge is 0.485 e. The average molecular weight is 326 g/mol. The molecule has 0 fully saturated rings. The molecule has 1 amide bonds. The Morgan fingerprint density at radius 1 is 1.17 bits per heavy atom. The van der Waals surface area contributed by atoms with Gasteiger partial charge in [-0.3, -0.25) is 4.79 Å². The van der Waals surface area contributed by atoms with Gasteiger partial charge >= 0.3 is 0 Å². The van der Waals surface area contributed by atoms with Crippen LogP contribution < -0.4 is 14.3 Å². The number of amides is 1. The van der Waals surface area contributed by atoms with Gasteiger partial charge in [-0.15, -0.1) is 0 Å². The standard InChI is InChI=1S/C17H14N2O3S/c1-19-11-6-2-5-9-15(11)23-17(19)18-16(20)14-10-21-12-7-3-4-8-13(12)22-14/h2-9,14H,10H2,1H3/t14-/m0/s1. The second-order valence-corrected chi connectivity index (χ2v) is 6.23. The van der Waals surface area contributed by atoms with Crippen molar-refractivity contribution in [2.75, 3.05) is 6.61 Å². The number of carbonyl (C=O) groups excluding carboxylic acids is 1. The SMILES string of the molecule is Cn1c(=NC(=O)[C@@H]2COc3ccccc3O2)sc2ccccc21. The summed E-state index contributed by atoms with van der Waals surface area (Å²) >= 11 is 1.48. The topological polar surface area (TPSA) is 52.8 Å². The third kappa shape index (κ3) is 2.51. The van der Waals surface area contributed by atoms with Crippen molar-refractivity contribution in [3.05, 3.63) is 53.3 Å². The highest BCUT2D eigenvalue weighted by molar-refractivity contribution is 7.16. The third-order valence-electron chi connectivity index (χ3n) is 3.70. The molecule has 0 N–H and O–H groups in total. The zero-order chi connectivity index (χ0) is 15.8. The molecule has 1 aliphatic rings. The molecule has 2 aromatic carbocycles. The summed E-state index contributed by atoms with van der Waals surface area (Å²) in [6.07, 6.45) is -0.713. The maximum absolute atomic E-state index is 12.4. The van der Waals surface area contributed by atoms with Gasteiger partial charge in [0.1, 0.15) is 6.61 Å². The van der Waals surface area contributed by atoms with Crippen molar-refractivity contribution in [3.63, 3.8) is 0 Å². The first-order valence-corrected chi connectivity index (χ1v) is 8.05. The molecule has 1 aliphatic heterocycles. The number of aromatic nitrogens is 1. The summed E-state index contributed by atoms with van der Waals surface area (Å²) in [5.74, 6) is 0.902. The van der Waals surface area contributed by atoms with Crippen LogP contribution in [0.15, 0.2) is 53.5 Å². The van der Waals surface area contributed by atoms with E-state index in [0.29, 0.717) is 16.3 Å². The highest BCUT2D eigenvalue weighted by atomic mass is 32.1. The number of hydrogen-bond donors (Lipinski definition) is 0. The predicted molar refractivity (Wildman–Crippen MR) is 87.7 cm³/mol. The van der Waals surface area contributed by atoms with E-state index < -0.39 is 6.10 Å². The fraction of sp³-hybridized carbons (Fsp3) is 0.176. The van der Waals surface area contributed by atoms with Gasteiger partial charge in [-0.1, -0.05) is 35.6 Å². The van der Waals surface area contributed by atoms with Crippen LogP contribution in [-0.4, -0.2) is 23.2 Å².